The van der Waals surface area contributed by atoms with Crippen molar-refractivity contribution in [3.8, 4) is 34.5 Å². The smallest absolute Gasteiger partial charge is 0.334 e. The minimum atomic E-state index is -1.09. The number of ether oxygens (including phenoxy) is 8. The van der Waals surface area contributed by atoms with Gasteiger partial charge in [-0.1, -0.05) is 6.07 Å². The predicted molar refractivity (Wildman–Crippen MR) is 130 cm³/mol. The van der Waals surface area contributed by atoms with Crippen LogP contribution in [0.2, 0.25) is 0 Å². The zero-order chi connectivity index (χ0) is 26.6. The van der Waals surface area contributed by atoms with Gasteiger partial charge in [0.05, 0.1) is 68.4 Å². The first-order chi connectivity index (χ1) is 17.4. The topological polar surface area (TPSA) is 108 Å². The van der Waals surface area contributed by atoms with E-state index in [0.717, 1.165) is 0 Å². The van der Waals surface area contributed by atoms with E-state index in [2.05, 4.69) is 0 Å². The SMILES string of the molecule is COC(=O)C1=Cc2c(cc(OC)c(OC)c2OC)[C@H](c2ccc(OC)c(OC)c2OC)[C@@H]1C(=O)OC. The average Bonchev–Trinajstić information content (AvgIpc) is 2.92. The number of hydrogen-bond acceptors (Lipinski definition) is 10. The van der Waals surface area contributed by atoms with E-state index in [0.29, 0.717) is 51.2 Å². The standard InChI is InChI=1S/C26H30O10/c1-29-17-10-9-13(21(31-3)23(17)33-5)19-14-12-18(30-2)24(34-6)22(32-4)15(14)11-16(25(27)35-7)20(19)26(28)36-8/h9-12,19-20H,1-8H3/t19-,20+/m0/s1. The lowest BCUT2D eigenvalue weighted by atomic mass is 9.70. The summed E-state index contributed by atoms with van der Waals surface area (Å²) >= 11 is 0. The highest BCUT2D eigenvalue weighted by atomic mass is 16.5. The third-order valence-corrected chi connectivity index (χ3v) is 6.15. The van der Waals surface area contributed by atoms with Crippen molar-refractivity contribution >= 4 is 18.0 Å². The lowest BCUT2D eigenvalue weighted by Gasteiger charge is -2.34. The third kappa shape index (κ3) is 4.23. The van der Waals surface area contributed by atoms with Crippen LogP contribution in [0.3, 0.4) is 0 Å². The van der Waals surface area contributed by atoms with Crippen molar-refractivity contribution in [3.63, 3.8) is 0 Å². The maximum atomic E-state index is 13.2. The van der Waals surface area contributed by atoms with Gasteiger partial charge in [0.25, 0.3) is 0 Å². The quantitative estimate of drug-likeness (QED) is 0.474. The first kappa shape index (κ1) is 26.5. The molecular formula is C26H30O10. The van der Waals surface area contributed by atoms with E-state index in [-0.39, 0.29) is 5.57 Å². The Kier molecular flexibility index (Phi) is 8.18. The molecule has 2 atom stereocenters. The fourth-order valence-corrected chi connectivity index (χ4v) is 4.62. The van der Waals surface area contributed by atoms with Crippen LogP contribution in [0.25, 0.3) is 6.08 Å². The minimum absolute atomic E-state index is 0.0733. The summed E-state index contributed by atoms with van der Waals surface area (Å²) in [6.45, 7) is 0. The molecule has 0 amide bonds. The molecule has 1 aliphatic carbocycles. The molecule has 0 heterocycles. The Labute approximate surface area is 209 Å². The van der Waals surface area contributed by atoms with E-state index in [9.17, 15) is 9.59 Å². The number of hydrogen-bond donors (Lipinski definition) is 0. The van der Waals surface area contributed by atoms with E-state index in [1.165, 1.54) is 56.9 Å². The Morgan fingerprint density at radius 2 is 1.22 bits per heavy atom. The van der Waals surface area contributed by atoms with Gasteiger partial charge in [0, 0.05) is 17.0 Å². The lowest BCUT2D eigenvalue weighted by molar-refractivity contribution is -0.147. The summed E-state index contributed by atoms with van der Waals surface area (Å²) in [7, 11) is 11.4. The highest BCUT2D eigenvalue weighted by molar-refractivity contribution is 6.03. The molecule has 0 fully saturated rings. The van der Waals surface area contributed by atoms with Crippen molar-refractivity contribution in [1.82, 2.24) is 0 Å². The number of carbonyl (C=O) groups excluding carboxylic acids is 2. The molecule has 194 valence electrons. The molecule has 0 saturated carbocycles. The van der Waals surface area contributed by atoms with Crippen molar-refractivity contribution in [1.29, 1.82) is 0 Å². The molecular weight excluding hydrogens is 472 g/mol. The van der Waals surface area contributed by atoms with Gasteiger partial charge in [-0.2, -0.15) is 0 Å². The molecule has 1 aliphatic rings. The van der Waals surface area contributed by atoms with Crippen molar-refractivity contribution in [2.75, 3.05) is 56.9 Å². The van der Waals surface area contributed by atoms with E-state index < -0.39 is 23.8 Å². The predicted octanol–water partition coefficient (Wildman–Crippen LogP) is 3.23. The highest BCUT2D eigenvalue weighted by Gasteiger charge is 2.45. The molecule has 10 heteroatoms. The normalized spacial score (nSPS) is 16.2. The summed E-state index contributed by atoms with van der Waals surface area (Å²) < 4.78 is 43.7. The average molecular weight is 503 g/mol. The van der Waals surface area contributed by atoms with Gasteiger partial charge in [-0.15, -0.1) is 0 Å². The van der Waals surface area contributed by atoms with E-state index in [1.807, 2.05) is 0 Å². The molecule has 10 nitrogen and oxygen atoms in total. The number of methoxy groups -OCH3 is 8. The zero-order valence-corrected chi connectivity index (χ0v) is 21.5. The number of carbonyl (C=O) groups is 2. The molecule has 3 rings (SSSR count). The van der Waals surface area contributed by atoms with Crippen LogP contribution < -0.4 is 28.4 Å². The molecule has 0 saturated heterocycles. The maximum Gasteiger partial charge on any atom is 0.334 e. The van der Waals surface area contributed by atoms with Gasteiger partial charge in [0.1, 0.15) is 0 Å². The molecule has 0 spiro atoms. The molecule has 0 unspecified atom stereocenters. The first-order valence-electron chi connectivity index (χ1n) is 10.9. The Hall–Kier alpha value is -4.08. The highest BCUT2D eigenvalue weighted by Crippen LogP contribution is 2.55. The van der Waals surface area contributed by atoms with Crippen molar-refractivity contribution in [3.05, 3.63) is 40.5 Å². The molecule has 2 aromatic carbocycles. The fourth-order valence-electron chi connectivity index (χ4n) is 4.62. The van der Waals surface area contributed by atoms with Gasteiger partial charge in [0.15, 0.2) is 23.0 Å². The van der Waals surface area contributed by atoms with Gasteiger partial charge < -0.3 is 37.9 Å². The molecule has 0 aliphatic heterocycles. The summed E-state index contributed by atoms with van der Waals surface area (Å²) in [5.74, 6) is -1.14. The van der Waals surface area contributed by atoms with Gasteiger partial charge in [0.2, 0.25) is 11.5 Å². The zero-order valence-electron chi connectivity index (χ0n) is 21.5. The molecule has 36 heavy (non-hydrogen) atoms. The van der Waals surface area contributed by atoms with Gasteiger partial charge in [-0.25, -0.2) is 4.79 Å². The summed E-state index contributed by atoms with van der Waals surface area (Å²) in [6, 6.07) is 5.17. The third-order valence-electron chi connectivity index (χ3n) is 6.15. The Morgan fingerprint density at radius 1 is 0.639 bits per heavy atom. The van der Waals surface area contributed by atoms with Crippen LogP contribution in [0.4, 0.5) is 0 Å². The van der Waals surface area contributed by atoms with Crippen molar-refractivity contribution in [2.24, 2.45) is 5.92 Å². The molecule has 0 radical (unpaired) electrons. The lowest BCUT2D eigenvalue weighted by Crippen LogP contribution is -2.33. The van der Waals surface area contributed by atoms with Crippen molar-refractivity contribution in [2.45, 2.75) is 5.92 Å². The molecule has 0 N–H and O–H groups in total. The molecule has 0 bridgehead atoms. The van der Waals surface area contributed by atoms with Crippen LogP contribution in [0, 0.1) is 5.92 Å². The van der Waals surface area contributed by atoms with Crippen LogP contribution in [-0.4, -0.2) is 68.8 Å². The van der Waals surface area contributed by atoms with E-state index in [1.54, 1.807) is 24.3 Å². The van der Waals surface area contributed by atoms with Crippen LogP contribution in [0.5, 0.6) is 34.5 Å². The van der Waals surface area contributed by atoms with Crippen LogP contribution in [-0.2, 0) is 19.1 Å². The van der Waals surface area contributed by atoms with Crippen LogP contribution >= 0.6 is 0 Å². The number of rotatable bonds is 9. The number of esters is 2. The second-order valence-corrected chi connectivity index (χ2v) is 7.64. The van der Waals surface area contributed by atoms with E-state index in [4.69, 9.17) is 37.9 Å². The van der Waals surface area contributed by atoms with E-state index >= 15 is 0 Å². The largest absolute Gasteiger partial charge is 0.493 e. The van der Waals surface area contributed by atoms with Crippen LogP contribution in [0.15, 0.2) is 23.8 Å². The monoisotopic (exact) mass is 502 g/mol. The number of benzene rings is 2. The Bertz CT molecular complexity index is 1180. The van der Waals surface area contributed by atoms with Crippen LogP contribution in [0.1, 0.15) is 22.6 Å². The summed E-state index contributed by atoms with van der Waals surface area (Å²) in [5.41, 5.74) is 1.73. The molecule has 2 aromatic rings. The first-order valence-corrected chi connectivity index (χ1v) is 10.9. The number of fused-ring (bicyclic) bond motifs is 1. The fraction of sp³-hybridized carbons (Fsp3) is 0.385. The van der Waals surface area contributed by atoms with Gasteiger partial charge in [-0.3, -0.25) is 4.79 Å². The summed E-state index contributed by atoms with van der Waals surface area (Å²) in [4.78, 5) is 26.2. The Morgan fingerprint density at radius 3 is 1.72 bits per heavy atom. The summed E-state index contributed by atoms with van der Waals surface area (Å²) in [6.07, 6.45) is 1.55. The van der Waals surface area contributed by atoms with Gasteiger partial charge in [-0.05, 0) is 23.8 Å². The minimum Gasteiger partial charge on any atom is -0.493 e. The second kappa shape index (κ2) is 11.1. The summed E-state index contributed by atoms with van der Waals surface area (Å²) in [5, 5.41) is 0. The van der Waals surface area contributed by atoms with Gasteiger partial charge >= 0.3 is 11.9 Å². The second-order valence-electron chi connectivity index (χ2n) is 7.64. The molecule has 0 aromatic heterocycles. The Balaban J connectivity index is 2.52. The maximum absolute atomic E-state index is 13.2. The van der Waals surface area contributed by atoms with Crippen molar-refractivity contribution < 1.29 is 47.5 Å².